The maximum absolute atomic E-state index is 12.2. The molecule has 3 N–H and O–H groups in total. The number of hydrogen-bond donors (Lipinski definition) is 2. The van der Waals surface area contributed by atoms with Gasteiger partial charge in [-0.2, -0.15) is 0 Å². The molecule has 132 valence electrons. The molecule has 1 saturated heterocycles. The molecule has 1 saturated carbocycles. The molecule has 1 aliphatic carbocycles. The number of nitrogens with one attached hydrogen (secondary N) is 1. The van der Waals surface area contributed by atoms with Gasteiger partial charge < -0.3 is 15.1 Å². The summed E-state index contributed by atoms with van der Waals surface area (Å²) in [4.78, 5) is 16.3. The molecular formula is C16H24N4O3S. The number of hydrogen-bond acceptors (Lipinski definition) is 5. The summed E-state index contributed by atoms with van der Waals surface area (Å²) in [5.74, 6) is 0.926. The van der Waals surface area contributed by atoms with Gasteiger partial charge in [0.25, 0.3) is 0 Å². The van der Waals surface area contributed by atoms with Crippen LogP contribution in [0.15, 0.2) is 29.2 Å². The maximum Gasteiger partial charge on any atom is 0.238 e. The molecule has 1 amide bonds. The van der Waals surface area contributed by atoms with Crippen molar-refractivity contribution in [2.45, 2.75) is 17.7 Å². The smallest absolute Gasteiger partial charge is 0.238 e. The number of rotatable bonds is 6. The van der Waals surface area contributed by atoms with Gasteiger partial charge in [-0.1, -0.05) is 0 Å². The van der Waals surface area contributed by atoms with Crippen LogP contribution in [0.3, 0.4) is 0 Å². The van der Waals surface area contributed by atoms with Crippen LogP contribution in [-0.2, 0) is 14.8 Å². The summed E-state index contributed by atoms with van der Waals surface area (Å²) in [5, 5.41) is 8.34. The van der Waals surface area contributed by atoms with Gasteiger partial charge in [0, 0.05) is 31.9 Å². The van der Waals surface area contributed by atoms with E-state index in [9.17, 15) is 13.2 Å². The van der Waals surface area contributed by atoms with Gasteiger partial charge in [0.15, 0.2) is 0 Å². The van der Waals surface area contributed by atoms with E-state index in [1.807, 2.05) is 4.90 Å². The molecule has 1 aromatic carbocycles. The van der Waals surface area contributed by atoms with Gasteiger partial charge in [0.05, 0.1) is 11.4 Å². The zero-order chi connectivity index (χ0) is 17.2. The van der Waals surface area contributed by atoms with Crippen LogP contribution >= 0.6 is 0 Å². The molecule has 1 aromatic rings. The van der Waals surface area contributed by atoms with Gasteiger partial charge in [-0.3, -0.25) is 4.79 Å². The van der Waals surface area contributed by atoms with Crippen molar-refractivity contribution >= 4 is 21.6 Å². The molecule has 0 aromatic heterocycles. The Balaban J connectivity index is 1.48. The molecule has 0 unspecified atom stereocenters. The second-order valence-corrected chi connectivity index (χ2v) is 8.04. The Hall–Kier alpha value is -1.64. The Morgan fingerprint density at radius 2 is 1.75 bits per heavy atom. The van der Waals surface area contributed by atoms with Crippen molar-refractivity contribution in [3.8, 4) is 0 Å². The number of benzene rings is 1. The molecule has 1 aliphatic heterocycles. The fourth-order valence-electron chi connectivity index (χ4n) is 2.88. The maximum atomic E-state index is 12.2. The first-order valence-corrected chi connectivity index (χ1v) is 9.84. The molecule has 2 fully saturated rings. The molecule has 0 atom stereocenters. The van der Waals surface area contributed by atoms with Crippen LogP contribution in [0.1, 0.15) is 12.8 Å². The number of primary sulfonamides is 1. The Labute approximate surface area is 142 Å². The van der Waals surface area contributed by atoms with Crippen molar-refractivity contribution in [1.82, 2.24) is 10.2 Å². The third-order valence-electron chi connectivity index (χ3n) is 4.57. The van der Waals surface area contributed by atoms with Gasteiger partial charge in [0.1, 0.15) is 0 Å². The largest absolute Gasteiger partial charge is 0.368 e. The van der Waals surface area contributed by atoms with Crippen LogP contribution in [0.4, 0.5) is 5.69 Å². The number of carbonyl (C=O) groups is 1. The van der Waals surface area contributed by atoms with Crippen LogP contribution in [0, 0.1) is 5.92 Å². The lowest BCUT2D eigenvalue weighted by Crippen LogP contribution is -2.51. The molecule has 24 heavy (non-hydrogen) atoms. The van der Waals surface area contributed by atoms with E-state index < -0.39 is 10.0 Å². The topological polar surface area (TPSA) is 95.7 Å². The van der Waals surface area contributed by atoms with E-state index in [1.54, 1.807) is 12.1 Å². The highest BCUT2D eigenvalue weighted by Gasteiger charge is 2.23. The van der Waals surface area contributed by atoms with E-state index in [0.29, 0.717) is 19.6 Å². The lowest BCUT2D eigenvalue weighted by Gasteiger charge is -2.36. The second-order valence-electron chi connectivity index (χ2n) is 6.48. The standard InChI is InChI=1S/C16H24N4O3S/c17-24(22,23)15-5-3-14(4-6-15)19-7-9-20(10-8-19)16(21)12-18-11-13-1-2-13/h3-6,13,18H,1-2,7-12H2,(H2,17,22,23). The minimum atomic E-state index is -3.66. The molecule has 7 nitrogen and oxygen atoms in total. The predicted octanol–water partition coefficient (Wildman–Crippen LogP) is -0.0178. The van der Waals surface area contributed by atoms with Crippen molar-refractivity contribution in [3.05, 3.63) is 24.3 Å². The van der Waals surface area contributed by atoms with Crippen LogP contribution in [0.2, 0.25) is 0 Å². The third-order valence-corrected chi connectivity index (χ3v) is 5.50. The first kappa shape index (κ1) is 17.2. The number of nitrogens with zero attached hydrogens (tertiary/aromatic N) is 2. The van der Waals surface area contributed by atoms with Gasteiger partial charge in [-0.05, 0) is 49.6 Å². The number of anilines is 1. The Bertz CT molecular complexity index is 678. The summed E-state index contributed by atoms with van der Waals surface area (Å²) in [6.45, 7) is 4.20. The molecular weight excluding hydrogens is 328 g/mol. The van der Waals surface area contributed by atoms with Crippen molar-refractivity contribution in [2.24, 2.45) is 11.1 Å². The Morgan fingerprint density at radius 3 is 2.29 bits per heavy atom. The highest BCUT2D eigenvalue weighted by molar-refractivity contribution is 7.89. The number of sulfonamides is 1. The second kappa shape index (κ2) is 7.08. The molecule has 1 heterocycles. The number of carbonyl (C=O) groups excluding carboxylic acids is 1. The molecule has 0 radical (unpaired) electrons. The summed E-state index contributed by atoms with van der Waals surface area (Å²) in [7, 11) is -3.66. The van der Waals surface area contributed by atoms with Gasteiger partial charge >= 0.3 is 0 Å². The van der Waals surface area contributed by atoms with Gasteiger partial charge in [0.2, 0.25) is 15.9 Å². The number of nitrogens with two attached hydrogens (primary N) is 1. The van der Waals surface area contributed by atoms with Gasteiger partial charge in [-0.25, -0.2) is 13.6 Å². The molecule has 0 spiro atoms. The fourth-order valence-corrected chi connectivity index (χ4v) is 3.39. The van der Waals surface area contributed by atoms with Crippen LogP contribution in [-0.4, -0.2) is 58.5 Å². The van der Waals surface area contributed by atoms with Crippen molar-refractivity contribution in [2.75, 3.05) is 44.2 Å². The summed E-state index contributed by atoms with van der Waals surface area (Å²) in [6, 6.07) is 6.55. The van der Waals surface area contributed by atoms with Crippen molar-refractivity contribution in [3.63, 3.8) is 0 Å². The lowest BCUT2D eigenvalue weighted by atomic mass is 10.2. The lowest BCUT2D eigenvalue weighted by molar-refractivity contribution is -0.130. The average Bonchev–Trinajstić information content (AvgIpc) is 3.38. The fraction of sp³-hybridized carbons (Fsp3) is 0.562. The van der Waals surface area contributed by atoms with E-state index in [2.05, 4.69) is 10.2 Å². The highest BCUT2D eigenvalue weighted by Crippen LogP contribution is 2.27. The molecule has 8 heteroatoms. The molecule has 2 aliphatic rings. The van der Waals surface area contributed by atoms with Crippen LogP contribution < -0.4 is 15.4 Å². The first-order valence-electron chi connectivity index (χ1n) is 8.30. The summed E-state index contributed by atoms with van der Waals surface area (Å²) in [5.41, 5.74) is 0.946. The minimum absolute atomic E-state index is 0.113. The Morgan fingerprint density at radius 1 is 1.12 bits per heavy atom. The number of piperazine rings is 1. The van der Waals surface area contributed by atoms with Crippen molar-refractivity contribution in [1.29, 1.82) is 0 Å². The van der Waals surface area contributed by atoms with E-state index in [4.69, 9.17) is 5.14 Å². The normalized spacial score (nSPS) is 18.7. The zero-order valence-electron chi connectivity index (χ0n) is 13.6. The predicted molar refractivity (Wildman–Crippen MR) is 92.2 cm³/mol. The number of amides is 1. The Kier molecular flexibility index (Phi) is 5.07. The SMILES string of the molecule is NS(=O)(=O)c1ccc(N2CCN(C(=O)CNCC3CC3)CC2)cc1. The monoisotopic (exact) mass is 352 g/mol. The third kappa shape index (κ3) is 4.46. The first-order chi connectivity index (χ1) is 11.4. The molecule has 0 bridgehead atoms. The van der Waals surface area contributed by atoms with Gasteiger partial charge in [-0.15, -0.1) is 0 Å². The summed E-state index contributed by atoms with van der Waals surface area (Å²) in [6.07, 6.45) is 2.56. The van der Waals surface area contributed by atoms with Crippen LogP contribution in [0.25, 0.3) is 0 Å². The molecule has 3 rings (SSSR count). The minimum Gasteiger partial charge on any atom is -0.368 e. The van der Waals surface area contributed by atoms with Crippen molar-refractivity contribution < 1.29 is 13.2 Å². The average molecular weight is 352 g/mol. The van der Waals surface area contributed by atoms with E-state index in [1.165, 1.54) is 25.0 Å². The highest BCUT2D eigenvalue weighted by atomic mass is 32.2. The zero-order valence-corrected chi connectivity index (χ0v) is 14.5. The van der Waals surface area contributed by atoms with E-state index in [0.717, 1.165) is 31.2 Å². The van der Waals surface area contributed by atoms with E-state index in [-0.39, 0.29) is 10.8 Å². The summed E-state index contributed by atoms with van der Waals surface area (Å²) >= 11 is 0. The quantitative estimate of drug-likeness (QED) is 0.750. The van der Waals surface area contributed by atoms with E-state index >= 15 is 0 Å². The summed E-state index contributed by atoms with van der Waals surface area (Å²) < 4.78 is 22.6. The van der Waals surface area contributed by atoms with Crippen LogP contribution in [0.5, 0.6) is 0 Å².